The number of hydrogen-bond donors (Lipinski definition) is 10. The number of halogens is 2. The van der Waals surface area contributed by atoms with Gasteiger partial charge < -0.3 is 83.0 Å². The van der Waals surface area contributed by atoms with Gasteiger partial charge in [0.2, 0.25) is 47.3 Å². The van der Waals surface area contributed by atoms with Gasteiger partial charge in [-0.15, -0.1) is 0 Å². The summed E-state index contributed by atoms with van der Waals surface area (Å²) in [5.41, 5.74) is 2.96. The number of carbonyl (C=O) groups is 16. The number of cyclic esters (lactones) is 2. The van der Waals surface area contributed by atoms with Crippen LogP contribution in [-0.2, 0) is 86.2 Å². The number of likely N-dealkylation sites (N-methyl/N-ethyl adjacent to an activating group) is 6. The normalized spacial score (nSPS) is 24.9. The van der Waals surface area contributed by atoms with Gasteiger partial charge in [0.1, 0.15) is 62.0 Å². The van der Waals surface area contributed by atoms with Gasteiger partial charge in [0, 0.05) is 90.3 Å². The Balaban J connectivity index is 0.000000249. The highest BCUT2D eigenvalue weighted by Crippen LogP contribution is 2.34. The molecule has 6 fully saturated rings. The fraction of sp³-hybridized carbons (Fsp3) is 0.576. The van der Waals surface area contributed by atoms with E-state index in [0.717, 1.165) is 16.4 Å². The number of amides is 10. The number of rotatable bonds is 20. The van der Waals surface area contributed by atoms with Gasteiger partial charge in [-0.2, -0.15) is 0 Å². The van der Waals surface area contributed by atoms with Crippen LogP contribution >= 0.6 is 37.2 Å². The number of hydrazine groups is 2. The van der Waals surface area contributed by atoms with Crippen LogP contribution in [0.2, 0.25) is 0 Å². The number of hydrogen-bond acceptors (Lipinski definition) is 24. The van der Waals surface area contributed by atoms with Crippen molar-refractivity contribution in [2.75, 3.05) is 101 Å². The number of para-hydroxylation sites is 4. The van der Waals surface area contributed by atoms with E-state index in [1.54, 1.807) is 54.2 Å². The molecule has 104 heavy (non-hydrogen) atoms. The van der Waals surface area contributed by atoms with E-state index in [4.69, 9.17) is 19.7 Å². The molecule has 8 aliphatic heterocycles. The first-order valence-electron chi connectivity index (χ1n) is 33.8. The first-order valence-corrected chi connectivity index (χ1v) is 40.1. The summed E-state index contributed by atoms with van der Waals surface area (Å²) in [4.78, 5) is 199. The van der Waals surface area contributed by atoms with Crippen molar-refractivity contribution >= 4 is 156 Å². The van der Waals surface area contributed by atoms with Crippen LogP contribution < -0.4 is 62.1 Å². The molecule has 2 aromatic rings. The zero-order chi connectivity index (χ0) is 76.8. The van der Waals surface area contributed by atoms with Crippen LogP contribution in [0, 0.1) is 0 Å². The van der Waals surface area contributed by atoms with E-state index in [2.05, 4.69) is 79.8 Å². The fourth-order valence-corrected chi connectivity index (χ4v) is 13.1. The first-order chi connectivity index (χ1) is 49.6. The number of aliphatic carboxylic acids is 2. The second-order valence-electron chi connectivity index (χ2n) is 25.6. The number of nitrogens with zero attached hydrogens (tertiary/aromatic N) is 8. The van der Waals surface area contributed by atoms with Crippen molar-refractivity contribution in [1.82, 2.24) is 62.6 Å². The zero-order valence-corrected chi connectivity index (χ0v) is 63.3. The molecule has 0 radical (unpaired) electrons. The largest absolute Gasteiger partial charge is 1.00 e. The molecule has 8 heterocycles. The molecule has 10 amide bonds. The maximum Gasteiger partial charge on any atom is 0.308 e. The van der Waals surface area contributed by atoms with Crippen LogP contribution in [0.4, 0.5) is 22.7 Å². The Bertz CT molecular complexity index is 3510. The lowest BCUT2D eigenvalue weighted by Crippen LogP contribution is -2.64. The van der Waals surface area contributed by atoms with E-state index in [0.29, 0.717) is 88.7 Å². The average Bonchev–Trinajstić information content (AvgIpc) is 1.79. The highest BCUT2D eigenvalue weighted by atomic mass is 128. The van der Waals surface area contributed by atoms with E-state index in [1.807, 2.05) is 60.3 Å². The summed E-state index contributed by atoms with van der Waals surface area (Å²) in [5.74, 6) is -6.46. The lowest BCUT2D eigenvalue weighted by Gasteiger charge is -2.43. The predicted octanol–water partition coefficient (Wildman–Crippen LogP) is -1.84. The van der Waals surface area contributed by atoms with Gasteiger partial charge in [-0.1, -0.05) is 24.3 Å². The lowest BCUT2D eigenvalue weighted by atomic mass is 10.0. The van der Waals surface area contributed by atoms with E-state index in [-0.39, 0.29) is 112 Å². The SMILES string of the molecule is CN[C@H]1CCC(=O)N2CCC[C@@H](C(=O)N[C@H](C=O)CC(=O)O)N2C1=O.CN[C@H]1CCC(=O)N2CCC[C@@H](C(=O)N[C@H]3CC(=O)OC3C)N2C1=O.CN[C@H]1CN(C)c2ccccc2N(CC(=O)N[C@H](C=O)CC(=O)O)C1=O.CN[C@H]1CN(C)c2ccccc2N(CC(=O)N[C@H]2CC(=O)OC2C)C1=O.II.[H-]. The van der Waals surface area contributed by atoms with Crippen LogP contribution in [0.5, 0.6) is 0 Å². The summed E-state index contributed by atoms with van der Waals surface area (Å²) >= 11 is 4.24. The smallest absolute Gasteiger partial charge is 0.308 e. The molecule has 572 valence electrons. The van der Waals surface area contributed by atoms with Gasteiger partial charge in [0.25, 0.3) is 11.8 Å². The van der Waals surface area contributed by atoms with Crippen molar-refractivity contribution < 1.29 is 97.8 Å². The van der Waals surface area contributed by atoms with Crippen molar-refractivity contribution in [2.45, 2.75) is 164 Å². The van der Waals surface area contributed by atoms with E-state index in [1.165, 1.54) is 24.8 Å². The van der Waals surface area contributed by atoms with Crippen molar-refractivity contribution in [3.63, 3.8) is 0 Å². The molecular weight excluding hydrogens is 1590 g/mol. The van der Waals surface area contributed by atoms with Crippen LogP contribution in [-0.4, -0.2) is 280 Å². The number of nitrogens with one attached hydrogen (secondary N) is 8. The van der Waals surface area contributed by atoms with E-state index >= 15 is 0 Å². The quantitative estimate of drug-likeness (QED) is 0.0396. The Kier molecular flexibility index (Phi) is 32.3. The second kappa shape index (κ2) is 39.9. The summed E-state index contributed by atoms with van der Waals surface area (Å²) < 4.78 is 10.1. The monoisotopic (exact) mass is 1680 g/mol. The first kappa shape index (κ1) is 84.2. The van der Waals surface area contributed by atoms with Crippen LogP contribution in [0.25, 0.3) is 0 Å². The molecule has 8 aliphatic rings. The van der Waals surface area contributed by atoms with Gasteiger partial charge in [0.05, 0.1) is 84.7 Å². The molecule has 2 unspecified atom stereocenters. The maximum atomic E-state index is 13.0. The van der Waals surface area contributed by atoms with Gasteiger partial charge in [-0.25, -0.2) is 10.0 Å². The molecular formula is C66H93I2N16O20-. The Morgan fingerprint density at radius 3 is 1.28 bits per heavy atom. The van der Waals surface area contributed by atoms with E-state index in [9.17, 15) is 76.7 Å². The minimum atomic E-state index is -1.22. The molecule has 0 aliphatic carbocycles. The number of carboxylic acids is 2. The van der Waals surface area contributed by atoms with Gasteiger partial charge in [-0.3, -0.25) is 86.9 Å². The summed E-state index contributed by atoms with van der Waals surface area (Å²) in [6.45, 7) is 4.76. The Morgan fingerprint density at radius 2 is 0.904 bits per heavy atom. The minimum absolute atomic E-state index is 0. The average molecular weight is 1680 g/mol. The summed E-state index contributed by atoms with van der Waals surface area (Å²) in [5, 5.41) is 44.8. The summed E-state index contributed by atoms with van der Waals surface area (Å²) in [7, 11) is 10.5. The zero-order valence-electron chi connectivity index (χ0n) is 60.0. The molecule has 6 saturated heterocycles. The van der Waals surface area contributed by atoms with Gasteiger partial charge in [0.15, 0.2) is 0 Å². The van der Waals surface area contributed by atoms with Crippen molar-refractivity contribution in [3.8, 4) is 0 Å². The molecule has 0 spiro atoms. The standard InChI is InChI=1S/C18H24N4O4.C17H22N4O5.C16H24N4O5.C15H22N4O6.I2.H/c1-11-12(8-17(24)26-11)20-16(23)10-22-15-7-5-4-6-14(15)21(3)9-13(19-2)18(22)25;1-18-12-8-20(2)13-5-3-4-6-14(13)21(17(12)26)9-15(23)19-11(10-22)7-16(24)25;1-9-11(8-14(22)25-9)18-15(23)12-4-3-7-19-13(21)6-5-10(17-2)16(24)20(12)19;1-16-10-4-5-12(21)18-6-2-3-11(19(18)15(10)25)14(24)17-9(8-20)7-13(22)23;1-2;/h4-7,11-13,19H,8-10H2,1-3H3,(H,20,23);3-6,10-12,18H,7-9H2,1-2H3,(H,19,23)(H,24,25);9-12,17H,3-8H2,1-2H3,(H,18,23);8-11,16H,2-7H2,1H3,(H,17,24)(H,22,23);;/q;;;;;-1/t11?,12-,13-;11-,12-;9?,10-,11-,12-;9-,10-,11-;;/m0000../s1. The molecule has 10 N–H and O–H groups in total. The number of carboxylic acid groups (broad SMARTS) is 2. The number of ether oxygens (including phenoxy) is 2. The van der Waals surface area contributed by atoms with Gasteiger partial charge in [-0.05, 0) is 105 Å². The number of esters is 2. The van der Waals surface area contributed by atoms with Crippen LogP contribution in [0.3, 0.4) is 0 Å². The Hall–Kier alpha value is -8.74. The van der Waals surface area contributed by atoms with E-state index < -0.39 is 97.1 Å². The fourth-order valence-electron chi connectivity index (χ4n) is 13.1. The lowest BCUT2D eigenvalue weighted by molar-refractivity contribution is -0.176. The van der Waals surface area contributed by atoms with Crippen molar-refractivity contribution in [2.24, 2.45) is 0 Å². The topological polar surface area (TPSA) is 454 Å². The molecule has 2 aromatic carbocycles. The number of benzene rings is 2. The maximum absolute atomic E-state index is 13.0. The molecule has 38 heteroatoms. The van der Waals surface area contributed by atoms with Crippen LogP contribution in [0.1, 0.15) is 92.3 Å². The number of fused-ring (bicyclic) bond motifs is 4. The van der Waals surface area contributed by atoms with Gasteiger partial charge >= 0.3 is 23.9 Å². The number of anilines is 4. The highest BCUT2D eigenvalue weighted by Gasteiger charge is 2.47. The molecule has 36 nitrogen and oxygen atoms in total. The highest BCUT2D eigenvalue weighted by molar-refractivity contribution is 15.0. The third-order valence-corrected chi connectivity index (χ3v) is 18.5. The number of carbonyl (C=O) groups excluding carboxylic acids is 14. The third-order valence-electron chi connectivity index (χ3n) is 18.5. The number of aldehydes is 2. The predicted molar refractivity (Wildman–Crippen MR) is 391 cm³/mol. The van der Waals surface area contributed by atoms with Crippen molar-refractivity contribution in [1.29, 1.82) is 0 Å². The molecule has 0 bridgehead atoms. The third kappa shape index (κ3) is 21.7. The second-order valence-corrected chi connectivity index (χ2v) is 25.6. The van der Waals surface area contributed by atoms with Crippen LogP contribution in [0.15, 0.2) is 48.5 Å². The molecule has 12 atom stereocenters. The molecule has 10 rings (SSSR count). The molecule has 0 aromatic heterocycles. The Labute approximate surface area is 625 Å². The summed E-state index contributed by atoms with van der Waals surface area (Å²) in [6, 6.07) is 7.91. The summed E-state index contributed by atoms with van der Waals surface area (Å²) in [6.07, 6.45) is 2.36. The minimum Gasteiger partial charge on any atom is -1.00 e. The molecule has 0 saturated carbocycles. The van der Waals surface area contributed by atoms with Crippen molar-refractivity contribution in [3.05, 3.63) is 48.5 Å². The Morgan fingerprint density at radius 1 is 0.529 bits per heavy atom.